The first-order valence-corrected chi connectivity index (χ1v) is 12.9. The Morgan fingerprint density at radius 1 is 1.21 bits per heavy atom. The van der Waals surface area contributed by atoms with E-state index in [1.165, 1.54) is 0 Å². The average molecular weight is 575 g/mol. The summed E-state index contributed by atoms with van der Waals surface area (Å²) < 4.78 is 16.4. The van der Waals surface area contributed by atoms with Crippen molar-refractivity contribution in [2.24, 2.45) is 0 Å². The Bertz CT molecular complexity index is 1250. The van der Waals surface area contributed by atoms with E-state index in [0.717, 1.165) is 70.2 Å². The van der Waals surface area contributed by atoms with Crippen LogP contribution in [-0.4, -0.2) is 56.8 Å². The van der Waals surface area contributed by atoms with E-state index in [-0.39, 0.29) is 12.3 Å². The summed E-state index contributed by atoms with van der Waals surface area (Å²) in [4.78, 5) is 11.2. The van der Waals surface area contributed by atoms with Crippen LogP contribution < -0.4 is 4.90 Å². The Labute approximate surface area is 213 Å². The van der Waals surface area contributed by atoms with Crippen LogP contribution in [0.4, 0.5) is 5.82 Å². The summed E-state index contributed by atoms with van der Waals surface area (Å²) in [5, 5.41) is 9.86. The highest BCUT2D eigenvalue weighted by Gasteiger charge is 2.35. The minimum atomic E-state index is -0.728. The van der Waals surface area contributed by atoms with Gasteiger partial charge in [0, 0.05) is 27.0 Å². The molecular formula is C24H30IN7O2. The fourth-order valence-corrected chi connectivity index (χ4v) is 5.51. The van der Waals surface area contributed by atoms with Gasteiger partial charge in [-0.1, -0.05) is 0 Å². The molecule has 1 unspecified atom stereocenters. The Morgan fingerprint density at radius 3 is 2.74 bits per heavy atom. The van der Waals surface area contributed by atoms with Gasteiger partial charge >= 0.3 is 0 Å². The SMILES string of the molecule is [C-]#[N+]C(C)(C)c1cc(N2CCOC[C@H]2C)nn2c(-c3cc(C)nn3C3CCCCO3)nc(I)c12. The number of anilines is 1. The number of ether oxygens (including phenoxy) is 2. The standard InChI is InChI=1S/C24H30IN7O2/c1-15-12-18(31(28-15)20-8-6-7-10-34-20)23-27-22(25)21-17(24(3,4)26-5)13-19(29-32(21)23)30-9-11-33-14-16(30)2/h12-13,16,20H,6-11,14H2,1-4H3/t16-,20?/m1/s1. The van der Waals surface area contributed by atoms with Crippen LogP contribution in [-0.2, 0) is 15.0 Å². The van der Waals surface area contributed by atoms with Gasteiger partial charge in [-0.15, -0.1) is 5.10 Å². The van der Waals surface area contributed by atoms with E-state index >= 15 is 0 Å². The zero-order valence-corrected chi connectivity index (χ0v) is 22.2. The second-order valence-corrected chi connectivity index (χ2v) is 10.6. The van der Waals surface area contributed by atoms with Gasteiger partial charge in [0.25, 0.3) is 5.54 Å². The van der Waals surface area contributed by atoms with Crippen molar-refractivity contribution < 1.29 is 9.47 Å². The van der Waals surface area contributed by atoms with Gasteiger partial charge in [0.1, 0.15) is 14.9 Å². The van der Waals surface area contributed by atoms with Crippen molar-refractivity contribution >= 4 is 33.9 Å². The number of rotatable bonds is 4. The first-order valence-electron chi connectivity index (χ1n) is 11.8. The third kappa shape index (κ3) is 4.07. The summed E-state index contributed by atoms with van der Waals surface area (Å²) in [7, 11) is 0. The van der Waals surface area contributed by atoms with E-state index in [9.17, 15) is 0 Å². The molecule has 3 aromatic rings. The van der Waals surface area contributed by atoms with Gasteiger partial charge in [-0.2, -0.15) is 5.10 Å². The van der Waals surface area contributed by atoms with Crippen LogP contribution in [0.3, 0.4) is 0 Å². The van der Waals surface area contributed by atoms with Crippen LogP contribution in [0, 0.1) is 17.2 Å². The first kappa shape index (κ1) is 23.5. The van der Waals surface area contributed by atoms with Crippen LogP contribution >= 0.6 is 22.6 Å². The van der Waals surface area contributed by atoms with Crippen molar-refractivity contribution in [1.29, 1.82) is 0 Å². The predicted octanol–water partition coefficient (Wildman–Crippen LogP) is 4.58. The molecule has 180 valence electrons. The van der Waals surface area contributed by atoms with Gasteiger partial charge in [0.2, 0.25) is 0 Å². The lowest BCUT2D eigenvalue weighted by molar-refractivity contribution is -0.0386. The van der Waals surface area contributed by atoms with E-state index in [1.54, 1.807) is 0 Å². The number of hydrogen-bond donors (Lipinski definition) is 0. The van der Waals surface area contributed by atoms with Gasteiger partial charge in [-0.3, -0.25) is 0 Å². The smallest absolute Gasteiger partial charge is 0.254 e. The molecule has 2 saturated heterocycles. The molecule has 2 fully saturated rings. The molecule has 5 rings (SSSR count). The molecule has 0 amide bonds. The molecule has 0 saturated carbocycles. The topological polar surface area (TPSA) is 74.1 Å². The highest BCUT2D eigenvalue weighted by atomic mass is 127. The number of aromatic nitrogens is 5. The van der Waals surface area contributed by atoms with Crippen LogP contribution in [0.5, 0.6) is 0 Å². The molecule has 0 spiro atoms. The Morgan fingerprint density at radius 2 is 2.03 bits per heavy atom. The molecule has 3 aromatic heterocycles. The maximum atomic E-state index is 7.89. The Hall–Kier alpha value is -2.23. The van der Waals surface area contributed by atoms with Gasteiger partial charge < -0.3 is 19.2 Å². The maximum absolute atomic E-state index is 7.89. The summed E-state index contributed by atoms with van der Waals surface area (Å²) in [5.74, 6) is 1.56. The van der Waals surface area contributed by atoms with Crippen molar-refractivity contribution in [2.45, 2.75) is 64.8 Å². The highest BCUT2D eigenvalue weighted by molar-refractivity contribution is 14.1. The number of imidazole rings is 1. The number of halogens is 1. The van der Waals surface area contributed by atoms with Gasteiger partial charge in [0.05, 0.1) is 30.5 Å². The zero-order valence-electron chi connectivity index (χ0n) is 20.1. The summed E-state index contributed by atoms with van der Waals surface area (Å²) in [6, 6.07) is 4.31. The maximum Gasteiger partial charge on any atom is 0.254 e. The van der Waals surface area contributed by atoms with E-state index in [1.807, 2.05) is 36.0 Å². The molecule has 5 heterocycles. The number of aryl methyl sites for hydroxylation is 1. The fraction of sp³-hybridized carbons (Fsp3) is 0.583. The highest BCUT2D eigenvalue weighted by Crippen LogP contribution is 2.37. The summed E-state index contributed by atoms with van der Waals surface area (Å²) >= 11 is 2.26. The Kier molecular flexibility index (Phi) is 6.29. The molecule has 10 heteroatoms. The predicted molar refractivity (Wildman–Crippen MR) is 138 cm³/mol. The first-order chi connectivity index (χ1) is 16.3. The second kappa shape index (κ2) is 9.09. The van der Waals surface area contributed by atoms with E-state index in [4.69, 9.17) is 31.2 Å². The second-order valence-electron chi connectivity index (χ2n) is 9.63. The van der Waals surface area contributed by atoms with Crippen molar-refractivity contribution in [3.63, 3.8) is 0 Å². The normalized spacial score (nSPS) is 21.7. The minimum absolute atomic E-state index is 0.107. The molecule has 0 N–H and O–H groups in total. The average Bonchev–Trinajstić information content (AvgIpc) is 3.39. The van der Waals surface area contributed by atoms with Crippen LogP contribution in [0.25, 0.3) is 21.9 Å². The number of nitrogens with zero attached hydrogens (tertiary/aromatic N) is 7. The van der Waals surface area contributed by atoms with Crippen LogP contribution in [0.15, 0.2) is 12.1 Å². The molecule has 0 aliphatic carbocycles. The molecular weight excluding hydrogens is 545 g/mol. The van der Waals surface area contributed by atoms with E-state index < -0.39 is 5.54 Å². The monoisotopic (exact) mass is 575 g/mol. The molecule has 0 bridgehead atoms. The third-order valence-corrected chi connectivity index (χ3v) is 7.41. The van der Waals surface area contributed by atoms with Crippen molar-refractivity contribution in [1.82, 2.24) is 24.4 Å². The molecule has 0 radical (unpaired) electrons. The minimum Gasteiger partial charge on any atom is -0.377 e. The number of hydrogen-bond acceptors (Lipinski definition) is 6. The fourth-order valence-electron chi connectivity index (χ4n) is 4.76. The molecule has 2 aliphatic rings. The zero-order chi connectivity index (χ0) is 24.0. The number of fused-ring (bicyclic) bond motifs is 1. The third-order valence-electron chi connectivity index (χ3n) is 6.66. The van der Waals surface area contributed by atoms with Crippen molar-refractivity contribution in [3.8, 4) is 11.5 Å². The van der Waals surface area contributed by atoms with Crippen molar-refractivity contribution in [2.75, 3.05) is 31.3 Å². The summed E-state index contributed by atoms with van der Waals surface area (Å²) in [5.41, 5.74) is 2.86. The van der Waals surface area contributed by atoms with Gasteiger partial charge in [-0.25, -0.2) is 20.8 Å². The summed E-state index contributed by atoms with van der Waals surface area (Å²) in [6.45, 7) is 18.7. The molecule has 34 heavy (non-hydrogen) atoms. The lowest BCUT2D eigenvalue weighted by Crippen LogP contribution is -2.44. The van der Waals surface area contributed by atoms with E-state index in [2.05, 4.69) is 45.3 Å². The molecule has 2 aliphatic heterocycles. The number of morpholine rings is 1. The van der Waals surface area contributed by atoms with Crippen LogP contribution in [0.2, 0.25) is 0 Å². The van der Waals surface area contributed by atoms with Gasteiger partial charge in [-0.05, 0) is 67.8 Å². The Balaban J connectivity index is 1.74. The largest absolute Gasteiger partial charge is 0.377 e. The molecule has 2 atom stereocenters. The van der Waals surface area contributed by atoms with Crippen LogP contribution in [0.1, 0.15) is 57.5 Å². The molecule has 0 aromatic carbocycles. The quantitative estimate of drug-likeness (QED) is 0.335. The van der Waals surface area contributed by atoms with Crippen molar-refractivity contribution in [3.05, 3.63) is 38.5 Å². The summed E-state index contributed by atoms with van der Waals surface area (Å²) in [6.07, 6.45) is 3.01. The lowest BCUT2D eigenvalue weighted by atomic mass is 9.95. The van der Waals surface area contributed by atoms with Gasteiger partial charge in [0.15, 0.2) is 17.9 Å². The molecule has 9 nitrogen and oxygen atoms in total. The lowest BCUT2D eigenvalue weighted by Gasteiger charge is -2.34. The van der Waals surface area contributed by atoms with E-state index in [0.29, 0.717) is 13.2 Å².